The van der Waals surface area contributed by atoms with Crippen LogP contribution in [0.1, 0.15) is 0 Å². The number of thiophene rings is 1. The van der Waals surface area contributed by atoms with Gasteiger partial charge >= 0.3 is 0 Å². The zero-order valence-corrected chi connectivity index (χ0v) is 24.1. The lowest BCUT2D eigenvalue weighted by atomic mass is 9.99. The second-order valence-corrected chi connectivity index (χ2v) is 11.7. The van der Waals surface area contributed by atoms with Crippen LogP contribution in [0.5, 0.6) is 0 Å². The Bertz CT molecular complexity index is 2200. The second kappa shape index (κ2) is 10.8. The van der Waals surface area contributed by atoms with Crippen molar-refractivity contribution >= 4 is 31.5 Å². The van der Waals surface area contributed by atoms with Gasteiger partial charge in [0.1, 0.15) is 0 Å². The highest BCUT2D eigenvalue weighted by molar-refractivity contribution is 7.25. The summed E-state index contributed by atoms with van der Waals surface area (Å²) in [7, 11) is 0. The maximum Gasteiger partial charge on any atom is 0.160 e. The molecule has 0 spiro atoms. The van der Waals surface area contributed by atoms with E-state index >= 15 is 0 Å². The lowest BCUT2D eigenvalue weighted by molar-refractivity contribution is 1.18. The number of rotatable bonds is 5. The van der Waals surface area contributed by atoms with Crippen LogP contribution in [0, 0.1) is 0 Å². The topological polar surface area (TPSA) is 25.8 Å². The lowest BCUT2D eigenvalue weighted by Gasteiger charge is -2.11. The van der Waals surface area contributed by atoms with Gasteiger partial charge in [-0.1, -0.05) is 133 Å². The van der Waals surface area contributed by atoms with E-state index in [1.807, 2.05) is 35.6 Å². The second-order valence-electron chi connectivity index (χ2n) is 10.7. The number of aromatic nitrogens is 2. The van der Waals surface area contributed by atoms with E-state index in [1.54, 1.807) is 0 Å². The van der Waals surface area contributed by atoms with E-state index in [2.05, 4.69) is 133 Å². The Balaban J connectivity index is 1.17. The Morgan fingerprint density at radius 1 is 0.326 bits per heavy atom. The average molecular weight is 567 g/mol. The van der Waals surface area contributed by atoms with Crippen LogP contribution in [0.2, 0.25) is 0 Å². The fourth-order valence-electron chi connectivity index (χ4n) is 5.66. The number of hydrogen-bond acceptors (Lipinski definition) is 3. The quantitative estimate of drug-likeness (QED) is 0.207. The van der Waals surface area contributed by atoms with Crippen LogP contribution in [-0.2, 0) is 0 Å². The molecule has 6 aromatic carbocycles. The number of nitrogens with zero attached hydrogens (tertiary/aromatic N) is 2. The van der Waals surface area contributed by atoms with E-state index in [-0.39, 0.29) is 0 Å². The predicted molar refractivity (Wildman–Crippen MR) is 182 cm³/mol. The van der Waals surface area contributed by atoms with Crippen LogP contribution in [0.4, 0.5) is 0 Å². The first-order valence-electron chi connectivity index (χ1n) is 14.4. The Morgan fingerprint density at radius 2 is 0.791 bits per heavy atom. The summed E-state index contributed by atoms with van der Waals surface area (Å²) < 4.78 is 2.65. The normalized spacial score (nSPS) is 11.3. The average Bonchev–Trinajstić information content (AvgIpc) is 3.47. The summed E-state index contributed by atoms with van der Waals surface area (Å²) in [6.07, 6.45) is 0. The molecule has 0 saturated heterocycles. The number of benzene rings is 6. The van der Waals surface area contributed by atoms with Crippen molar-refractivity contribution in [1.82, 2.24) is 9.97 Å². The fourth-order valence-corrected chi connectivity index (χ4v) is 6.75. The van der Waals surface area contributed by atoms with Gasteiger partial charge in [-0.3, -0.25) is 0 Å². The summed E-state index contributed by atoms with van der Waals surface area (Å²) in [6.45, 7) is 0. The minimum atomic E-state index is 0.721. The van der Waals surface area contributed by atoms with Crippen LogP contribution in [0.15, 0.2) is 158 Å². The van der Waals surface area contributed by atoms with Crippen LogP contribution in [0.25, 0.3) is 76.3 Å². The summed E-state index contributed by atoms with van der Waals surface area (Å²) >= 11 is 1.85. The van der Waals surface area contributed by atoms with Crippen LogP contribution in [-0.4, -0.2) is 9.97 Å². The lowest BCUT2D eigenvalue weighted by Crippen LogP contribution is -1.96. The van der Waals surface area contributed by atoms with Gasteiger partial charge < -0.3 is 0 Å². The van der Waals surface area contributed by atoms with Gasteiger partial charge in [-0.15, -0.1) is 11.3 Å². The molecule has 0 aliphatic rings. The third-order valence-electron chi connectivity index (χ3n) is 7.94. The van der Waals surface area contributed by atoms with Crippen LogP contribution < -0.4 is 0 Å². The van der Waals surface area contributed by atoms with Gasteiger partial charge in [-0.2, -0.15) is 0 Å². The molecule has 0 aliphatic carbocycles. The summed E-state index contributed by atoms with van der Waals surface area (Å²) in [5.74, 6) is 0.721. The first kappa shape index (κ1) is 25.3. The molecule has 0 unspecified atom stereocenters. The fraction of sp³-hybridized carbons (Fsp3) is 0. The summed E-state index contributed by atoms with van der Waals surface area (Å²) in [6, 6.07) is 55.6. The van der Waals surface area contributed by atoms with Gasteiger partial charge in [-0.05, 0) is 46.5 Å². The molecule has 0 saturated carbocycles. The predicted octanol–water partition coefficient (Wildman–Crippen LogP) is 11.2. The van der Waals surface area contributed by atoms with Crippen molar-refractivity contribution in [2.45, 2.75) is 0 Å². The van der Waals surface area contributed by atoms with Crippen LogP contribution in [0.3, 0.4) is 0 Å². The third kappa shape index (κ3) is 4.90. The van der Waals surface area contributed by atoms with Crippen LogP contribution >= 0.6 is 11.3 Å². The molecule has 2 nitrogen and oxygen atoms in total. The van der Waals surface area contributed by atoms with Crippen molar-refractivity contribution in [3.63, 3.8) is 0 Å². The van der Waals surface area contributed by atoms with Gasteiger partial charge in [0.2, 0.25) is 0 Å². The summed E-state index contributed by atoms with van der Waals surface area (Å²) in [5, 5.41) is 2.63. The molecule has 0 fully saturated rings. The first-order valence-corrected chi connectivity index (χ1v) is 15.2. The number of fused-ring (bicyclic) bond motifs is 3. The standard InChI is InChI=1S/C40H26N2S/c1-3-9-27(10-4-1)28-15-19-30(20-16-28)36-26-37(42-40(41-36)32-11-5-2-6-12-32)31-21-17-29(18-22-31)33-23-24-39-35(25-33)34-13-7-8-14-38(34)43-39/h1-26H. The molecule has 0 aliphatic heterocycles. The van der Waals surface area contributed by atoms with Crippen molar-refractivity contribution in [3.05, 3.63) is 158 Å². The molecule has 0 amide bonds. The van der Waals surface area contributed by atoms with E-state index in [0.29, 0.717) is 0 Å². The Morgan fingerprint density at radius 3 is 1.44 bits per heavy atom. The molecule has 0 atom stereocenters. The minimum Gasteiger partial charge on any atom is -0.228 e. The monoisotopic (exact) mass is 566 g/mol. The zero-order chi connectivity index (χ0) is 28.6. The largest absolute Gasteiger partial charge is 0.228 e. The smallest absolute Gasteiger partial charge is 0.160 e. The van der Waals surface area contributed by atoms with Gasteiger partial charge in [0, 0.05) is 36.9 Å². The maximum absolute atomic E-state index is 5.03. The van der Waals surface area contributed by atoms with E-state index in [9.17, 15) is 0 Å². The molecule has 202 valence electrons. The Labute approximate surface area is 254 Å². The first-order chi connectivity index (χ1) is 21.3. The van der Waals surface area contributed by atoms with E-state index in [4.69, 9.17) is 9.97 Å². The van der Waals surface area contributed by atoms with Crippen molar-refractivity contribution in [2.24, 2.45) is 0 Å². The highest BCUT2D eigenvalue weighted by Gasteiger charge is 2.12. The van der Waals surface area contributed by atoms with Crippen molar-refractivity contribution in [3.8, 4) is 56.2 Å². The third-order valence-corrected chi connectivity index (χ3v) is 9.09. The summed E-state index contributed by atoms with van der Waals surface area (Å²) in [5.41, 5.74) is 9.73. The van der Waals surface area contributed by atoms with E-state index < -0.39 is 0 Å². The van der Waals surface area contributed by atoms with Crippen molar-refractivity contribution in [2.75, 3.05) is 0 Å². The molecule has 2 aromatic heterocycles. The van der Waals surface area contributed by atoms with Gasteiger partial charge in [0.25, 0.3) is 0 Å². The molecule has 2 heterocycles. The van der Waals surface area contributed by atoms with Gasteiger partial charge in [0.15, 0.2) is 5.82 Å². The summed E-state index contributed by atoms with van der Waals surface area (Å²) in [4.78, 5) is 10.0. The highest BCUT2D eigenvalue weighted by atomic mass is 32.1. The maximum atomic E-state index is 5.03. The molecular weight excluding hydrogens is 541 g/mol. The molecule has 8 rings (SSSR count). The molecular formula is C40H26N2S. The molecule has 3 heteroatoms. The Hall–Kier alpha value is -5.38. The van der Waals surface area contributed by atoms with Gasteiger partial charge in [-0.25, -0.2) is 9.97 Å². The molecule has 0 radical (unpaired) electrons. The van der Waals surface area contributed by atoms with Crippen molar-refractivity contribution in [1.29, 1.82) is 0 Å². The SMILES string of the molecule is c1ccc(-c2ccc(-c3cc(-c4ccc(-c5ccc6sc7ccccc7c6c5)cc4)nc(-c4ccccc4)n3)cc2)cc1. The zero-order valence-electron chi connectivity index (χ0n) is 23.3. The van der Waals surface area contributed by atoms with Crippen molar-refractivity contribution < 1.29 is 0 Å². The highest BCUT2D eigenvalue weighted by Crippen LogP contribution is 2.37. The molecule has 8 aromatic rings. The Kier molecular flexibility index (Phi) is 6.36. The minimum absolute atomic E-state index is 0.721. The molecule has 43 heavy (non-hydrogen) atoms. The van der Waals surface area contributed by atoms with E-state index in [1.165, 1.54) is 42.4 Å². The van der Waals surface area contributed by atoms with E-state index in [0.717, 1.165) is 33.9 Å². The van der Waals surface area contributed by atoms with Gasteiger partial charge in [0.05, 0.1) is 11.4 Å². The molecule has 0 bridgehead atoms. The number of hydrogen-bond donors (Lipinski definition) is 0. The molecule has 0 N–H and O–H groups in total.